The van der Waals surface area contributed by atoms with Crippen molar-refractivity contribution in [3.63, 3.8) is 0 Å². The number of hydrogen-bond donors (Lipinski definition) is 0. The molecule has 2 heterocycles. The first-order chi connectivity index (χ1) is 11.8. The van der Waals surface area contributed by atoms with Crippen LogP contribution in [0.15, 0.2) is 18.5 Å². The Morgan fingerprint density at radius 2 is 2.21 bits per heavy atom. The van der Waals surface area contributed by atoms with Gasteiger partial charge in [-0.1, -0.05) is 0 Å². The molecule has 1 aromatic heterocycles. The van der Waals surface area contributed by atoms with Crippen LogP contribution in [0.1, 0.15) is 38.5 Å². The number of carbonyl (C=O) groups excluding carboxylic acids is 1. The van der Waals surface area contributed by atoms with Crippen LogP contribution < -0.4 is 0 Å². The summed E-state index contributed by atoms with van der Waals surface area (Å²) < 4.78 is 14.0. The van der Waals surface area contributed by atoms with Crippen LogP contribution in [0.2, 0.25) is 0 Å². The maximum atomic E-state index is 12.5. The van der Waals surface area contributed by atoms with Crippen LogP contribution in [0, 0.1) is 5.92 Å². The van der Waals surface area contributed by atoms with Crippen molar-refractivity contribution in [1.82, 2.24) is 14.7 Å². The number of carbonyl (C=O) groups is 1. The molecule has 3 aliphatic rings. The van der Waals surface area contributed by atoms with Gasteiger partial charge in [-0.25, -0.2) is 0 Å². The summed E-state index contributed by atoms with van der Waals surface area (Å²) in [5.74, 6) is 0.977. The van der Waals surface area contributed by atoms with E-state index in [1.807, 2.05) is 16.9 Å². The highest BCUT2D eigenvalue weighted by Crippen LogP contribution is 2.36. The molecule has 24 heavy (non-hydrogen) atoms. The third-order valence-corrected chi connectivity index (χ3v) is 5.44. The van der Waals surface area contributed by atoms with Crippen molar-refractivity contribution in [2.24, 2.45) is 5.92 Å². The molecule has 132 valence electrons. The van der Waals surface area contributed by atoms with Crippen LogP contribution in [0.5, 0.6) is 0 Å². The molecule has 2 saturated carbocycles. The molecule has 0 N–H and O–H groups in total. The van der Waals surface area contributed by atoms with E-state index >= 15 is 0 Å². The van der Waals surface area contributed by atoms with Gasteiger partial charge in [0.05, 0.1) is 18.8 Å². The Hall–Kier alpha value is -1.40. The number of morpholine rings is 1. The molecule has 1 saturated heterocycles. The van der Waals surface area contributed by atoms with Crippen molar-refractivity contribution in [1.29, 1.82) is 0 Å². The molecule has 6 heteroatoms. The van der Waals surface area contributed by atoms with Gasteiger partial charge < -0.3 is 14.4 Å². The molecular formula is C18H27N3O3. The fourth-order valence-corrected chi connectivity index (χ4v) is 3.98. The summed E-state index contributed by atoms with van der Waals surface area (Å²) in [4.78, 5) is 14.6. The molecule has 3 fully saturated rings. The summed E-state index contributed by atoms with van der Waals surface area (Å²) in [6.07, 6.45) is 10.1. The normalized spacial score (nSPS) is 29.7. The lowest BCUT2D eigenvalue weighted by Gasteiger charge is -2.39. The average Bonchev–Trinajstić information content (AvgIpc) is 3.10. The molecule has 3 atom stereocenters. The minimum atomic E-state index is 0.0617. The SMILES string of the molecule is O=C(CC1CC1)N1CCO[C@@H]2[C@@H](OCCCn3cccn3)CC[C@H]21. The molecule has 4 rings (SSSR count). The highest BCUT2D eigenvalue weighted by atomic mass is 16.5. The summed E-state index contributed by atoms with van der Waals surface area (Å²) in [5.41, 5.74) is 0. The predicted octanol–water partition coefficient (Wildman–Crippen LogP) is 1.85. The van der Waals surface area contributed by atoms with E-state index in [-0.39, 0.29) is 18.2 Å². The second-order valence-electron chi connectivity index (χ2n) is 7.25. The zero-order valence-corrected chi connectivity index (χ0v) is 14.2. The minimum Gasteiger partial charge on any atom is -0.375 e. The van der Waals surface area contributed by atoms with Crippen LogP contribution in [0.4, 0.5) is 0 Å². The number of hydrogen-bond acceptors (Lipinski definition) is 4. The van der Waals surface area contributed by atoms with Gasteiger partial charge in [-0.2, -0.15) is 5.10 Å². The first-order valence-corrected chi connectivity index (χ1v) is 9.31. The molecule has 0 radical (unpaired) electrons. The number of nitrogens with zero attached hydrogens (tertiary/aromatic N) is 3. The number of ether oxygens (including phenoxy) is 2. The van der Waals surface area contributed by atoms with Crippen LogP contribution in [-0.2, 0) is 20.8 Å². The lowest BCUT2D eigenvalue weighted by molar-refractivity contribution is -0.151. The van der Waals surface area contributed by atoms with Gasteiger partial charge in [0.15, 0.2) is 0 Å². The molecule has 6 nitrogen and oxygen atoms in total. The fourth-order valence-electron chi connectivity index (χ4n) is 3.98. The van der Waals surface area contributed by atoms with Crippen molar-refractivity contribution < 1.29 is 14.3 Å². The number of amides is 1. The van der Waals surface area contributed by atoms with Crippen molar-refractivity contribution in [3.8, 4) is 0 Å². The van der Waals surface area contributed by atoms with E-state index in [0.717, 1.165) is 38.8 Å². The van der Waals surface area contributed by atoms with Gasteiger partial charge in [-0.15, -0.1) is 0 Å². The molecule has 1 aliphatic heterocycles. The summed E-state index contributed by atoms with van der Waals surface area (Å²) in [5, 5.41) is 4.20. The van der Waals surface area contributed by atoms with Crippen LogP contribution in [-0.4, -0.2) is 58.6 Å². The average molecular weight is 333 g/mol. The second kappa shape index (κ2) is 7.23. The van der Waals surface area contributed by atoms with Gasteiger partial charge in [-0.05, 0) is 44.1 Å². The Bertz CT molecular complexity index is 544. The van der Waals surface area contributed by atoms with Crippen molar-refractivity contribution in [3.05, 3.63) is 18.5 Å². The Morgan fingerprint density at radius 3 is 3.00 bits per heavy atom. The van der Waals surface area contributed by atoms with Gasteiger partial charge in [0.2, 0.25) is 5.91 Å². The number of fused-ring (bicyclic) bond motifs is 1. The fraction of sp³-hybridized carbons (Fsp3) is 0.778. The van der Waals surface area contributed by atoms with Crippen molar-refractivity contribution in [2.75, 3.05) is 19.8 Å². The second-order valence-corrected chi connectivity index (χ2v) is 7.25. The molecule has 0 unspecified atom stereocenters. The lowest BCUT2D eigenvalue weighted by Crippen LogP contribution is -2.54. The quantitative estimate of drug-likeness (QED) is 0.715. The van der Waals surface area contributed by atoms with Gasteiger partial charge in [0.25, 0.3) is 0 Å². The standard InChI is InChI=1S/C18H27N3O3/c22-17(13-14-3-4-14)21-10-12-24-18-15(21)5-6-16(18)23-11-2-9-20-8-1-7-19-20/h1,7-8,14-16,18H,2-6,9-13H2/t15-,16+,18+/m1/s1. The highest BCUT2D eigenvalue weighted by Gasteiger charge is 2.45. The van der Waals surface area contributed by atoms with Crippen molar-refractivity contribution in [2.45, 2.75) is 63.3 Å². The molecule has 0 aromatic carbocycles. The van der Waals surface area contributed by atoms with E-state index in [2.05, 4.69) is 10.00 Å². The Balaban J connectivity index is 1.25. The molecule has 2 aliphatic carbocycles. The molecule has 1 aromatic rings. The lowest BCUT2D eigenvalue weighted by atomic mass is 10.1. The topological polar surface area (TPSA) is 56.6 Å². The zero-order chi connectivity index (χ0) is 16.4. The van der Waals surface area contributed by atoms with Crippen molar-refractivity contribution >= 4 is 5.91 Å². The monoisotopic (exact) mass is 333 g/mol. The van der Waals surface area contributed by atoms with Crippen LogP contribution >= 0.6 is 0 Å². The summed E-state index contributed by atoms with van der Waals surface area (Å²) in [6, 6.07) is 2.16. The minimum absolute atomic E-state index is 0.0617. The third kappa shape index (κ3) is 3.64. The van der Waals surface area contributed by atoms with Gasteiger partial charge >= 0.3 is 0 Å². The predicted molar refractivity (Wildman–Crippen MR) is 88.4 cm³/mol. The summed E-state index contributed by atoms with van der Waals surface area (Å²) in [6.45, 7) is 2.98. The van der Waals surface area contributed by atoms with E-state index < -0.39 is 0 Å². The largest absolute Gasteiger partial charge is 0.375 e. The Kier molecular flexibility index (Phi) is 4.85. The highest BCUT2D eigenvalue weighted by molar-refractivity contribution is 5.77. The van der Waals surface area contributed by atoms with Crippen LogP contribution in [0.3, 0.4) is 0 Å². The zero-order valence-electron chi connectivity index (χ0n) is 14.2. The van der Waals surface area contributed by atoms with Gasteiger partial charge in [-0.3, -0.25) is 9.48 Å². The molecule has 1 amide bonds. The molecule has 0 spiro atoms. The maximum Gasteiger partial charge on any atom is 0.223 e. The van der Waals surface area contributed by atoms with E-state index in [0.29, 0.717) is 25.0 Å². The number of rotatable bonds is 7. The van der Waals surface area contributed by atoms with E-state index in [9.17, 15) is 4.79 Å². The van der Waals surface area contributed by atoms with E-state index in [1.54, 1.807) is 6.20 Å². The van der Waals surface area contributed by atoms with Crippen LogP contribution in [0.25, 0.3) is 0 Å². The van der Waals surface area contributed by atoms with E-state index in [1.165, 1.54) is 12.8 Å². The van der Waals surface area contributed by atoms with Gasteiger partial charge in [0, 0.05) is 38.5 Å². The number of aromatic nitrogens is 2. The summed E-state index contributed by atoms with van der Waals surface area (Å²) in [7, 11) is 0. The number of aryl methyl sites for hydroxylation is 1. The summed E-state index contributed by atoms with van der Waals surface area (Å²) >= 11 is 0. The first kappa shape index (κ1) is 16.1. The van der Waals surface area contributed by atoms with E-state index in [4.69, 9.17) is 9.47 Å². The van der Waals surface area contributed by atoms with Gasteiger partial charge in [0.1, 0.15) is 6.10 Å². The first-order valence-electron chi connectivity index (χ1n) is 9.31. The smallest absolute Gasteiger partial charge is 0.223 e. The molecule has 0 bridgehead atoms. The third-order valence-electron chi connectivity index (χ3n) is 5.44. The maximum absolute atomic E-state index is 12.5. The Labute approximate surface area is 143 Å². The Morgan fingerprint density at radius 1 is 1.29 bits per heavy atom. The molecular weight excluding hydrogens is 306 g/mol.